The molecule has 2 atom stereocenters. The van der Waals surface area contributed by atoms with Crippen molar-refractivity contribution in [2.24, 2.45) is 4.99 Å². The van der Waals surface area contributed by atoms with Crippen LogP contribution in [-0.4, -0.2) is 22.6 Å². The largest absolute Gasteiger partial charge is 0.466 e. The highest BCUT2D eigenvalue weighted by Gasteiger charge is 2.59. The van der Waals surface area contributed by atoms with E-state index < -0.39 is 11.1 Å². The van der Waals surface area contributed by atoms with E-state index in [-0.39, 0.29) is 5.78 Å². The maximum atomic E-state index is 13.1. The standard InChI is InChI=1S/C20H16N2O2/c1-12-9-19(3)10-13(2)20(18(12)23)17(22-19)15(11-21)16(24-20)14-7-5-4-6-8-14/h4-10H,1-3H3. The van der Waals surface area contributed by atoms with E-state index in [2.05, 4.69) is 6.07 Å². The smallest absolute Gasteiger partial charge is 0.235 e. The number of hydrogen-bond donors (Lipinski definition) is 0. The lowest BCUT2D eigenvalue weighted by Crippen LogP contribution is -2.49. The van der Waals surface area contributed by atoms with Gasteiger partial charge in [-0.05, 0) is 44.1 Å². The number of nitriles is 1. The molecule has 2 unspecified atom stereocenters. The molecule has 118 valence electrons. The number of Topliss-reactive ketones (excluding diaryl/α,β-unsaturated/α-hetero) is 1. The summed E-state index contributed by atoms with van der Waals surface area (Å²) in [5.74, 6) is 0.284. The van der Waals surface area contributed by atoms with E-state index in [9.17, 15) is 10.1 Å². The minimum Gasteiger partial charge on any atom is -0.466 e. The number of aliphatic imine (C=N–C) groups is 1. The molecular weight excluding hydrogens is 300 g/mol. The molecule has 4 aliphatic rings. The minimum absolute atomic E-state index is 0.144. The van der Waals surface area contributed by atoms with Crippen LogP contribution < -0.4 is 0 Å². The molecule has 0 N–H and O–H groups in total. The van der Waals surface area contributed by atoms with Crippen LogP contribution in [0.2, 0.25) is 0 Å². The normalized spacial score (nSPS) is 30.8. The minimum atomic E-state index is -1.30. The third-order valence-electron chi connectivity index (χ3n) is 4.80. The van der Waals surface area contributed by atoms with Gasteiger partial charge in [-0.3, -0.25) is 9.79 Å². The maximum absolute atomic E-state index is 13.1. The van der Waals surface area contributed by atoms with Crippen molar-refractivity contribution in [2.75, 3.05) is 0 Å². The summed E-state index contributed by atoms with van der Waals surface area (Å²) >= 11 is 0. The first kappa shape index (κ1) is 14.6. The fourth-order valence-electron chi connectivity index (χ4n) is 3.84. The first-order valence-electron chi connectivity index (χ1n) is 7.85. The number of carbonyl (C=O) groups excluding carboxylic acids is 1. The Hall–Kier alpha value is -2.93. The lowest BCUT2D eigenvalue weighted by atomic mass is 9.79. The molecular formula is C20H16N2O2. The number of fused-ring (bicyclic) bond motifs is 1. The number of nitrogens with zero attached hydrogens (tertiary/aromatic N) is 2. The molecule has 0 amide bonds. The topological polar surface area (TPSA) is 62.4 Å². The van der Waals surface area contributed by atoms with Gasteiger partial charge in [0.15, 0.2) is 0 Å². The number of dihydropyridines is 1. The van der Waals surface area contributed by atoms with Gasteiger partial charge in [0.25, 0.3) is 0 Å². The van der Waals surface area contributed by atoms with Crippen LogP contribution in [0.1, 0.15) is 26.3 Å². The number of carbonyl (C=O) groups is 1. The fourth-order valence-corrected chi connectivity index (χ4v) is 3.84. The highest BCUT2D eigenvalue weighted by molar-refractivity contribution is 6.33. The predicted octanol–water partition coefficient (Wildman–Crippen LogP) is 3.38. The van der Waals surface area contributed by atoms with E-state index in [0.717, 1.165) is 11.1 Å². The zero-order chi connectivity index (χ0) is 17.1. The summed E-state index contributed by atoms with van der Waals surface area (Å²) in [7, 11) is 0. The van der Waals surface area contributed by atoms with Crippen molar-refractivity contribution in [3.63, 3.8) is 0 Å². The lowest BCUT2D eigenvalue weighted by Gasteiger charge is -2.33. The molecule has 4 heteroatoms. The second-order valence-electron chi connectivity index (χ2n) is 6.64. The lowest BCUT2D eigenvalue weighted by molar-refractivity contribution is -0.124. The molecule has 4 nitrogen and oxygen atoms in total. The van der Waals surface area contributed by atoms with Gasteiger partial charge in [0, 0.05) is 5.56 Å². The van der Waals surface area contributed by atoms with E-state index in [1.165, 1.54) is 0 Å². The highest BCUT2D eigenvalue weighted by atomic mass is 16.5. The van der Waals surface area contributed by atoms with Gasteiger partial charge in [-0.25, -0.2) is 0 Å². The van der Waals surface area contributed by atoms with Crippen molar-refractivity contribution in [2.45, 2.75) is 31.9 Å². The number of benzene rings is 1. The molecule has 1 aromatic rings. The van der Waals surface area contributed by atoms with Crippen molar-refractivity contribution in [1.29, 1.82) is 5.26 Å². The van der Waals surface area contributed by atoms with Crippen LogP contribution in [0.5, 0.6) is 0 Å². The molecule has 1 spiro atoms. The Bertz CT molecular complexity index is 944. The van der Waals surface area contributed by atoms with Crippen LogP contribution in [0.4, 0.5) is 0 Å². The van der Waals surface area contributed by atoms with Crippen molar-refractivity contribution < 1.29 is 9.53 Å². The first-order valence-corrected chi connectivity index (χ1v) is 7.85. The number of ether oxygens (including phenoxy) is 1. The summed E-state index contributed by atoms with van der Waals surface area (Å²) < 4.78 is 6.22. The summed E-state index contributed by atoms with van der Waals surface area (Å²) in [5.41, 5.74) is 1.02. The molecule has 5 rings (SSSR count). The van der Waals surface area contributed by atoms with Crippen LogP contribution in [0.25, 0.3) is 5.76 Å². The van der Waals surface area contributed by atoms with Crippen LogP contribution in [0.3, 0.4) is 0 Å². The van der Waals surface area contributed by atoms with Crippen LogP contribution >= 0.6 is 0 Å². The third-order valence-corrected chi connectivity index (χ3v) is 4.80. The quantitative estimate of drug-likeness (QED) is 0.746. The Morgan fingerprint density at radius 2 is 1.88 bits per heavy atom. The number of rotatable bonds is 1. The summed E-state index contributed by atoms with van der Waals surface area (Å²) in [6.07, 6.45) is 3.80. The van der Waals surface area contributed by atoms with Crippen LogP contribution in [-0.2, 0) is 9.53 Å². The van der Waals surface area contributed by atoms with E-state index in [1.54, 1.807) is 6.92 Å². The summed E-state index contributed by atoms with van der Waals surface area (Å²) in [6, 6.07) is 11.6. The van der Waals surface area contributed by atoms with Crippen molar-refractivity contribution >= 4 is 17.3 Å². The molecule has 0 saturated heterocycles. The van der Waals surface area contributed by atoms with Gasteiger partial charge in [0.1, 0.15) is 23.1 Å². The molecule has 0 aromatic heterocycles. The maximum Gasteiger partial charge on any atom is 0.235 e. The van der Waals surface area contributed by atoms with Gasteiger partial charge in [0.05, 0.1) is 5.54 Å². The molecule has 1 aromatic carbocycles. The highest BCUT2D eigenvalue weighted by Crippen LogP contribution is 2.49. The molecule has 3 heterocycles. The second kappa shape index (κ2) is 4.55. The van der Waals surface area contributed by atoms with Crippen molar-refractivity contribution in [1.82, 2.24) is 0 Å². The van der Waals surface area contributed by atoms with Crippen molar-refractivity contribution in [3.05, 3.63) is 64.8 Å². The Morgan fingerprint density at radius 1 is 1.17 bits per heavy atom. The average Bonchev–Trinajstić information content (AvgIpc) is 2.83. The van der Waals surface area contributed by atoms with Gasteiger partial charge in [-0.2, -0.15) is 5.26 Å². The van der Waals surface area contributed by atoms with Gasteiger partial charge >= 0.3 is 0 Å². The van der Waals surface area contributed by atoms with Crippen LogP contribution in [0, 0.1) is 11.3 Å². The van der Waals surface area contributed by atoms with E-state index in [0.29, 0.717) is 22.6 Å². The number of hydrogen-bond acceptors (Lipinski definition) is 4. The molecule has 24 heavy (non-hydrogen) atoms. The Morgan fingerprint density at radius 3 is 2.54 bits per heavy atom. The predicted molar refractivity (Wildman–Crippen MR) is 91.2 cm³/mol. The average molecular weight is 316 g/mol. The van der Waals surface area contributed by atoms with Crippen molar-refractivity contribution in [3.8, 4) is 6.07 Å². The molecule has 0 fully saturated rings. The number of ketones is 1. The van der Waals surface area contributed by atoms with Gasteiger partial charge in [-0.15, -0.1) is 0 Å². The Balaban J connectivity index is 2.02. The summed E-state index contributed by atoms with van der Waals surface area (Å²) in [6.45, 7) is 5.59. The van der Waals surface area contributed by atoms with Gasteiger partial charge in [-0.1, -0.05) is 30.3 Å². The third kappa shape index (κ3) is 1.67. The zero-order valence-corrected chi connectivity index (χ0v) is 13.8. The summed E-state index contributed by atoms with van der Waals surface area (Å²) in [5, 5.41) is 9.76. The fraction of sp³-hybridized carbons (Fsp3) is 0.250. The molecule has 0 saturated carbocycles. The SMILES string of the molecule is CC1=CC2(C)C=C(C)C3(OC(c4ccccc4)=C(C#N)C3=N2)C1=O. The first-order chi connectivity index (χ1) is 11.4. The van der Waals surface area contributed by atoms with E-state index in [1.807, 2.05) is 56.3 Å². The molecule has 1 aliphatic carbocycles. The molecule has 2 bridgehead atoms. The van der Waals surface area contributed by atoms with Gasteiger partial charge in [0.2, 0.25) is 11.4 Å². The zero-order valence-electron chi connectivity index (χ0n) is 13.8. The Kier molecular flexibility index (Phi) is 2.77. The van der Waals surface area contributed by atoms with E-state index in [4.69, 9.17) is 9.73 Å². The Labute approximate surface area is 140 Å². The molecule has 0 radical (unpaired) electrons. The second-order valence-corrected chi connectivity index (χ2v) is 6.64. The van der Waals surface area contributed by atoms with Crippen LogP contribution in [0.15, 0.2) is 64.2 Å². The molecule has 3 aliphatic heterocycles. The monoisotopic (exact) mass is 316 g/mol. The summed E-state index contributed by atoms with van der Waals surface area (Å²) in [4.78, 5) is 17.9. The van der Waals surface area contributed by atoms with E-state index >= 15 is 0 Å². The van der Waals surface area contributed by atoms with Gasteiger partial charge < -0.3 is 4.74 Å².